The zero-order chi connectivity index (χ0) is 40.4. The SMILES string of the molecule is C1CCCNCC1.C1CCCNCC1.C1CCC[N-]CC1.C1CCC[N-]CC1.C=CC=C.C=CC=C.CC(C)O.CCCC.[CH2-]CCC.[CH2-]CCC.[Li+].[Li+].[Li+].[Li+]. The molecule has 316 valence electrons. The Morgan fingerprint density at radius 2 is 0.625 bits per heavy atom. The predicted octanol–water partition coefficient (Wildman–Crippen LogP) is 2.34. The van der Waals surface area contributed by atoms with Gasteiger partial charge in [0.2, 0.25) is 0 Å². The fourth-order valence-electron chi connectivity index (χ4n) is 3.78. The summed E-state index contributed by atoms with van der Waals surface area (Å²) in [4.78, 5) is 0. The second-order valence-electron chi connectivity index (χ2n) is 13.2. The summed E-state index contributed by atoms with van der Waals surface area (Å²) in [6, 6.07) is 0. The number of unbranched alkanes of at least 4 members (excludes halogenated alkanes) is 3. The van der Waals surface area contributed by atoms with E-state index in [9.17, 15) is 0 Å². The number of aliphatic hydroxyl groups is 1. The molecule has 56 heavy (non-hydrogen) atoms. The maximum Gasteiger partial charge on any atom is 1.00 e. The van der Waals surface area contributed by atoms with Gasteiger partial charge in [-0.25, -0.2) is 0 Å². The molecule has 9 heteroatoms. The molecule has 4 heterocycles. The molecule has 0 aromatic carbocycles. The summed E-state index contributed by atoms with van der Waals surface area (Å²) in [5.41, 5.74) is 0. The van der Waals surface area contributed by atoms with E-state index < -0.39 is 0 Å². The molecule has 0 radical (unpaired) electrons. The molecule has 0 aliphatic carbocycles. The molecule has 0 atom stereocenters. The van der Waals surface area contributed by atoms with E-state index in [4.69, 9.17) is 5.11 Å². The van der Waals surface area contributed by atoms with E-state index in [-0.39, 0.29) is 81.5 Å². The van der Waals surface area contributed by atoms with Gasteiger partial charge in [-0.05, 0) is 65.7 Å². The van der Waals surface area contributed by atoms with Crippen LogP contribution in [0.1, 0.15) is 183 Å². The summed E-state index contributed by atoms with van der Waals surface area (Å²) < 4.78 is 0. The average Bonchev–Trinajstić information content (AvgIpc) is 3.86. The van der Waals surface area contributed by atoms with E-state index in [1.165, 1.54) is 155 Å². The first-order chi connectivity index (χ1) is 25.3. The molecule has 0 amide bonds. The van der Waals surface area contributed by atoms with Gasteiger partial charge in [0.25, 0.3) is 0 Å². The third-order valence-electron chi connectivity index (χ3n) is 7.22. The Labute approximate surface area is 404 Å². The maximum absolute atomic E-state index is 8.06. The van der Waals surface area contributed by atoms with Crippen LogP contribution >= 0.6 is 0 Å². The minimum Gasteiger partial charge on any atom is -0.662 e. The Bertz CT molecular complexity index is 412. The maximum atomic E-state index is 8.06. The molecular formula is C47H98Li4N4O. The molecule has 4 saturated heterocycles. The molecule has 0 aromatic rings. The Hall–Kier alpha value is 1.15. The van der Waals surface area contributed by atoms with Gasteiger partial charge in [0.15, 0.2) is 0 Å². The van der Waals surface area contributed by atoms with Crippen molar-refractivity contribution in [3.8, 4) is 0 Å². The van der Waals surface area contributed by atoms with Crippen LogP contribution in [0, 0.1) is 13.8 Å². The molecule has 0 unspecified atom stereocenters. The Morgan fingerprint density at radius 3 is 0.768 bits per heavy atom. The standard InChI is InChI=1S/2C6H13N.2C6H12N.C4H10.2C4H9.2C4H6.C3H8O.4Li/c4*1-2-4-6-7-5-3-1;5*1-3-4-2;1-3(2)4;;;;/h2*7H,1-6H2;2*1-6H2;3-4H2,1-2H3;2*1,3-4H2,2H3;2*3-4H,1-2H2;3-4H,1-2H3;;;;/q;;2*-1;;2*-1;;;;4*+1. The summed E-state index contributed by atoms with van der Waals surface area (Å²) in [5, 5.41) is 23.3. The van der Waals surface area contributed by atoms with Gasteiger partial charge in [-0.2, -0.15) is 12.8 Å². The van der Waals surface area contributed by atoms with Crippen molar-refractivity contribution < 1.29 is 80.5 Å². The minimum atomic E-state index is -0.167. The molecule has 5 nitrogen and oxygen atoms in total. The number of hydrogen-bond donors (Lipinski definition) is 3. The van der Waals surface area contributed by atoms with Crippen LogP contribution in [-0.2, 0) is 0 Å². The number of hydrogen-bond acceptors (Lipinski definition) is 3. The van der Waals surface area contributed by atoms with Gasteiger partial charge >= 0.3 is 75.4 Å². The van der Waals surface area contributed by atoms with E-state index in [1.54, 1.807) is 38.2 Å². The normalized spacial score (nSPS) is 15.0. The van der Waals surface area contributed by atoms with Gasteiger partial charge < -0.3 is 40.2 Å². The Kier molecular flexibility index (Phi) is 139. The summed E-state index contributed by atoms with van der Waals surface area (Å²) in [7, 11) is 0. The fourth-order valence-corrected chi connectivity index (χ4v) is 3.78. The molecule has 0 aromatic heterocycles. The summed E-state index contributed by atoms with van der Waals surface area (Å²) >= 11 is 0. The van der Waals surface area contributed by atoms with Crippen molar-refractivity contribution in [3.63, 3.8) is 0 Å². The number of nitrogens with zero attached hydrogens (tertiary/aromatic N) is 2. The molecule has 0 spiro atoms. The van der Waals surface area contributed by atoms with Crippen molar-refractivity contribution in [2.24, 2.45) is 0 Å². The largest absolute Gasteiger partial charge is 1.00 e. The van der Waals surface area contributed by atoms with Crippen LogP contribution in [0.4, 0.5) is 0 Å². The first kappa shape index (κ1) is 81.0. The van der Waals surface area contributed by atoms with E-state index in [2.05, 4.69) is 89.1 Å². The molecule has 4 rings (SSSR count). The second kappa shape index (κ2) is 96.1. The molecule has 0 bridgehead atoms. The van der Waals surface area contributed by atoms with Gasteiger partial charge in [0.1, 0.15) is 0 Å². The van der Waals surface area contributed by atoms with Crippen molar-refractivity contribution in [2.45, 2.75) is 189 Å². The van der Waals surface area contributed by atoms with Crippen LogP contribution in [0.5, 0.6) is 0 Å². The van der Waals surface area contributed by atoms with Crippen LogP contribution in [0.25, 0.3) is 10.6 Å². The zero-order valence-corrected chi connectivity index (χ0v) is 40.7. The van der Waals surface area contributed by atoms with E-state index in [0.29, 0.717) is 0 Å². The first-order valence-electron chi connectivity index (χ1n) is 21.7. The van der Waals surface area contributed by atoms with Gasteiger partial charge in [-0.1, -0.05) is 181 Å². The molecular weight excluding hydrogens is 664 g/mol. The third-order valence-corrected chi connectivity index (χ3v) is 7.22. The Morgan fingerprint density at radius 1 is 0.446 bits per heavy atom. The number of rotatable bonds is 5. The summed E-state index contributed by atoms with van der Waals surface area (Å²) in [5.74, 6) is 0. The number of aliphatic hydroxyl groups excluding tert-OH is 1. The monoisotopic (exact) mass is 763 g/mol. The molecule has 4 aliphatic rings. The molecule has 4 fully saturated rings. The van der Waals surface area contributed by atoms with Crippen LogP contribution in [0.15, 0.2) is 50.6 Å². The smallest absolute Gasteiger partial charge is 0.662 e. The predicted molar refractivity (Wildman–Crippen MR) is 245 cm³/mol. The van der Waals surface area contributed by atoms with Crippen molar-refractivity contribution in [2.75, 3.05) is 52.4 Å². The van der Waals surface area contributed by atoms with Crippen molar-refractivity contribution >= 4 is 0 Å². The fraction of sp³-hybridized carbons (Fsp3) is 0.787. The van der Waals surface area contributed by atoms with Gasteiger partial charge in [-0.15, -0.1) is 26.2 Å². The topological polar surface area (TPSA) is 72.5 Å². The number of nitrogens with one attached hydrogen (secondary N) is 2. The second-order valence-corrected chi connectivity index (χ2v) is 13.2. The van der Waals surface area contributed by atoms with Crippen LogP contribution in [0.2, 0.25) is 0 Å². The average molecular weight is 763 g/mol. The minimum absolute atomic E-state index is 0. The van der Waals surface area contributed by atoms with Crippen molar-refractivity contribution in [1.82, 2.24) is 10.6 Å². The third kappa shape index (κ3) is 139. The van der Waals surface area contributed by atoms with Gasteiger partial charge in [-0.3, -0.25) is 0 Å². The molecule has 3 N–H and O–H groups in total. The van der Waals surface area contributed by atoms with Crippen molar-refractivity contribution in [3.05, 3.63) is 75.1 Å². The van der Waals surface area contributed by atoms with E-state index in [0.717, 1.165) is 39.0 Å². The molecule has 4 aliphatic heterocycles. The van der Waals surface area contributed by atoms with Crippen LogP contribution in [0.3, 0.4) is 0 Å². The van der Waals surface area contributed by atoms with E-state index in [1.807, 2.05) is 0 Å². The van der Waals surface area contributed by atoms with Crippen molar-refractivity contribution in [1.29, 1.82) is 0 Å². The Balaban J connectivity index is -0.0000000528. The molecule has 0 saturated carbocycles. The van der Waals surface area contributed by atoms with Crippen LogP contribution < -0.4 is 86.1 Å². The summed E-state index contributed by atoms with van der Waals surface area (Å²) in [6.07, 6.45) is 35.8. The van der Waals surface area contributed by atoms with E-state index >= 15 is 0 Å². The van der Waals surface area contributed by atoms with Gasteiger partial charge in [0, 0.05) is 6.10 Å². The zero-order valence-electron chi connectivity index (χ0n) is 40.7. The quantitative estimate of drug-likeness (QED) is 0.229. The van der Waals surface area contributed by atoms with Crippen LogP contribution in [-0.4, -0.2) is 63.6 Å². The summed E-state index contributed by atoms with van der Waals surface area (Å²) in [6.45, 7) is 42.2. The first-order valence-corrected chi connectivity index (χ1v) is 21.7. The van der Waals surface area contributed by atoms with Gasteiger partial charge in [0.05, 0.1) is 0 Å². The number of allylic oxidation sites excluding steroid dienone is 4.